The number of hydrogen-bond acceptors (Lipinski definition) is 24. The van der Waals surface area contributed by atoms with Gasteiger partial charge in [-0.1, -0.05) is 85.5 Å². The highest BCUT2D eigenvalue weighted by molar-refractivity contribution is 5.78. The summed E-state index contributed by atoms with van der Waals surface area (Å²) in [4.78, 5) is 74.9. The summed E-state index contributed by atoms with van der Waals surface area (Å²) in [6, 6.07) is 0. The summed E-state index contributed by atoms with van der Waals surface area (Å²) in [5.41, 5.74) is -0.219. The van der Waals surface area contributed by atoms with Gasteiger partial charge in [0.15, 0.2) is 18.9 Å². The molecule has 27 nitrogen and oxygen atoms in total. The van der Waals surface area contributed by atoms with Crippen LogP contribution in [0.2, 0.25) is 0 Å². The van der Waals surface area contributed by atoms with E-state index in [0.29, 0.717) is 83.8 Å². The third kappa shape index (κ3) is 33.0. The zero-order chi connectivity index (χ0) is 67.0. The lowest BCUT2D eigenvalue weighted by Gasteiger charge is -2.40. The first-order valence-corrected chi connectivity index (χ1v) is 33.6. The summed E-state index contributed by atoms with van der Waals surface area (Å²) >= 11 is 0. The molecule has 12 N–H and O–H groups in total. The topological polar surface area (TPSA) is 404 Å². The molecule has 15 unspecified atom stereocenters. The lowest BCUT2D eigenvalue weighted by molar-refractivity contribution is -0.282. The summed E-state index contributed by atoms with van der Waals surface area (Å²) in [5, 5.41) is 97.2. The van der Waals surface area contributed by atoms with E-state index in [4.69, 9.17) is 42.6 Å². The summed E-state index contributed by atoms with van der Waals surface area (Å²) in [6.45, 7) is 7.37. The summed E-state index contributed by atoms with van der Waals surface area (Å²) in [7, 11) is 0. The molecular formula is C64H115N3O24. The van der Waals surface area contributed by atoms with Crippen LogP contribution < -0.4 is 16.0 Å². The predicted molar refractivity (Wildman–Crippen MR) is 329 cm³/mol. The van der Waals surface area contributed by atoms with Crippen molar-refractivity contribution in [2.75, 3.05) is 79.1 Å². The van der Waals surface area contributed by atoms with E-state index >= 15 is 0 Å². The van der Waals surface area contributed by atoms with Crippen LogP contribution in [-0.4, -0.2) is 234 Å². The minimum Gasteiger partial charge on any atom is -0.466 e. The van der Waals surface area contributed by atoms with Crippen molar-refractivity contribution < 1.29 is 117 Å². The molecule has 0 aliphatic carbocycles. The van der Waals surface area contributed by atoms with Crippen LogP contribution in [0.3, 0.4) is 0 Å². The Morgan fingerprint density at radius 1 is 0.385 bits per heavy atom. The number of amides is 3. The largest absolute Gasteiger partial charge is 0.466 e. The Hall–Kier alpha value is -3.78. The van der Waals surface area contributed by atoms with Gasteiger partial charge in [-0.15, -0.1) is 0 Å². The molecule has 0 bridgehead atoms. The van der Waals surface area contributed by atoms with Crippen molar-refractivity contribution in [1.29, 1.82) is 0 Å². The van der Waals surface area contributed by atoms with Crippen LogP contribution in [0.5, 0.6) is 0 Å². The van der Waals surface area contributed by atoms with Crippen LogP contribution in [0.25, 0.3) is 0 Å². The number of aliphatic hydroxyl groups excluding tert-OH is 9. The van der Waals surface area contributed by atoms with Crippen molar-refractivity contribution in [2.45, 2.75) is 268 Å². The number of hydrogen-bond donors (Lipinski definition) is 12. The molecule has 3 fully saturated rings. The number of rotatable bonds is 50. The average molecular weight is 1310 g/mol. The summed E-state index contributed by atoms with van der Waals surface area (Å²) < 4.78 is 50.0. The molecule has 0 aromatic carbocycles. The highest BCUT2D eigenvalue weighted by Crippen LogP contribution is 2.35. The normalized spacial score (nSPS) is 27.3. The minimum atomic E-state index is -1.25. The van der Waals surface area contributed by atoms with Crippen LogP contribution in [-0.2, 0) is 66.6 Å². The third-order valence-electron chi connectivity index (χ3n) is 17.4. The van der Waals surface area contributed by atoms with E-state index in [1.54, 1.807) is 20.8 Å². The Bertz CT molecular complexity index is 1920. The van der Waals surface area contributed by atoms with E-state index in [1.165, 1.54) is 0 Å². The Kier molecular flexibility index (Phi) is 42.2. The number of nitrogens with one attached hydrogen (secondary N) is 3. The van der Waals surface area contributed by atoms with E-state index in [1.807, 2.05) is 0 Å². The quantitative estimate of drug-likeness (QED) is 0.0237. The average Bonchev–Trinajstić information content (AvgIpc) is 1.01. The minimum absolute atomic E-state index is 0.137. The van der Waals surface area contributed by atoms with E-state index in [-0.39, 0.29) is 74.6 Å². The smallest absolute Gasteiger partial charge is 0.407 e. The first kappa shape index (κ1) is 81.5. The summed E-state index contributed by atoms with van der Waals surface area (Å²) in [6.07, 6.45) is 4.79. The van der Waals surface area contributed by atoms with E-state index in [0.717, 1.165) is 103 Å². The number of carbonyl (C=O) groups excluding carboxylic acids is 6. The molecule has 15 atom stereocenters. The first-order valence-electron chi connectivity index (χ1n) is 33.6. The second-order valence-electron chi connectivity index (χ2n) is 25.2. The molecule has 0 aromatic heterocycles. The van der Waals surface area contributed by atoms with Gasteiger partial charge in [-0.3, -0.25) is 24.0 Å². The van der Waals surface area contributed by atoms with Gasteiger partial charge in [0.2, 0.25) is 11.8 Å². The van der Waals surface area contributed by atoms with Gasteiger partial charge in [-0.2, -0.15) is 0 Å². The highest BCUT2D eigenvalue weighted by atomic mass is 16.7. The number of aliphatic hydroxyl groups is 9. The molecule has 0 radical (unpaired) electrons. The van der Waals surface area contributed by atoms with E-state index in [2.05, 4.69) is 22.9 Å². The summed E-state index contributed by atoms with van der Waals surface area (Å²) in [5.74, 6) is -2.79. The molecule has 0 aromatic rings. The molecule has 3 heterocycles. The highest BCUT2D eigenvalue weighted by Gasteiger charge is 2.45. The molecule has 3 rings (SSSR count). The molecule has 530 valence electrons. The molecule has 3 aliphatic rings. The zero-order valence-electron chi connectivity index (χ0n) is 54.7. The zero-order valence-corrected chi connectivity index (χ0v) is 54.7. The van der Waals surface area contributed by atoms with Gasteiger partial charge < -0.3 is 105 Å². The molecule has 3 amide bonds. The molecular weight excluding hydrogens is 1190 g/mol. The second kappa shape index (κ2) is 47.2. The molecule has 27 heteroatoms. The Balaban J connectivity index is 1.28. The van der Waals surface area contributed by atoms with Crippen LogP contribution >= 0.6 is 0 Å². The van der Waals surface area contributed by atoms with Crippen LogP contribution in [0, 0.1) is 23.2 Å². The maximum atomic E-state index is 12.6. The van der Waals surface area contributed by atoms with E-state index < -0.39 is 117 Å². The van der Waals surface area contributed by atoms with Crippen molar-refractivity contribution in [3.63, 3.8) is 0 Å². The first-order chi connectivity index (χ1) is 43.6. The van der Waals surface area contributed by atoms with Gasteiger partial charge in [-0.05, 0) is 88.9 Å². The van der Waals surface area contributed by atoms with Crippen molar-refractivity contribution in [2.24, 2.45) is 23.2 Å². The maximum absolute atomic E-state index is 12.6. The molecule has 3 saturated heterocycles. The fourth-order valence-corrected chi connectivity index (χ4v) is 11.3. The monoisotopic (exact) mass is 1310 g/mol. The van der Waals surface area contributed by atoms with Gasteiger partial charge in [-0.25, -0.2) is 4.79 Å². The number of alkyl carbamates (subject to hydrolysis) is 1. The van der Waals surface area contributed by atoms with Gasteiger partial charge >= 0.3 is 18.0 Å². The van der Waals surface area contributed by atoms with Gasteiger partial charge in [0.1, 0.15) is 55.6 Å². The molecule has 0 saturated carbocycles. The van der Waals surface area contributed by atoms with Crippen LogP contribution in [0.4, 0.5) is 4.79 Å². The SMILES string of the molecule is CC1C(OCCCC(=O)CCCCCCCNC(=O)OCCCC(C)(CCCOC(=O)CCCCCCCNC(=O)COC2OC(CO)C(O)C(O)C2C)CCCOC(=O)CCCCCCCNC(=O)COC2OC(CO)C(O)C(O)C2C)OC(CO)C(O)C1O. The number of carbonyl (C=O) groups is 6. The van der Waals surface area contributed by atoms with Gasteiger partial charge in [0, 0.05) is 63.1 Å². The third-order valence-corrected chi connectivity index (χ3v) is 17.4. The Morgan fingerprint density at radius 2 is 0.714 bits per heavy atom. The van der Waals surface area contributed by atoms with Crippen molar-refractivity contribution >= 4 is 35.6 Å². The lowest BCUT2D eigenvalue weighted by Crippen LogP contribution is -2.55. The van der Waals surface area contributed by atoms with Crippen molar-refractivity contribution in [3.05, 3.63) is 0 Å². The number of unbranched alkanes of at least 4 members (excludes halogenated alkanes) is 12. The fraction of sp³-hybridized carbons (Fsp3) is 0.906. The Labute approximate surface area is 538 Å². The van der Waals surface area contributed by atoms with Crippen LogP contribution in [0.15, 0.2) is 0 Å². The fourth-order valence-electron chi connectivity index (χ4n) is 11.3. The standard InChI is InChI=1S/C64H115N3O24/c1-43-54(76)57(79)47(38-68)89-60(43)85-34-20-25-46(71)24-14-8-5-13-19-33-67-63(82)86-37-23-30-64(4,28-21-35-83-52(74)26-15-9-6-11-17-31-65-50(72)41-87-61-44(2)55(77)58(80)48(39-69)90-61)29-22-36-84-53(75)27-16-10-7-12-18-32-66-51(73)42-88-62-45(3)56(78)59(81)49(40-70)91-62/h43-45,47-49,54-62,68-70,76-81H,5-42H2,1-4H3,(H,65,72)(H,66,73)(H,67,82). The van der Waals surface area contributed by atoms with Crippen molar-refractivity contribution in [3.8, 4) is 0 Å². The Morgan fingerprint density at radius 3 is 1.11 bits per heavy atom. The number of esters is 2. The predicted octanol–water partition coefficient (Wildman–Crippen LogP) is 3.02. The lowest BCUT2D eigenvalue weighted by atomic mass is 9.77. The van der Waals surface area contributed by atoms with E-state index in [9.17, 15) is 74.7 Å². The second-order valence-corrected chi connectivity index (χ2v) is 25.2. The van der Waals surface area contributed by atoms with Crippen LogP contribution in [0.1, 0.15) is 195 Å². The number of ether oxygens (including phenoxy) is 9. The molecule has 91 heavy (non-hydrogen) atoms. The molecule has 3 aliphatic heterocycles. The van der Waals surface area contributed by atoms with Crippen molar-refractivity contribution in [1.82, 2.24) is 16.0 Å². The maximum Gasteiger partial charge on any atom is 0.407 e. The number of ketones is 1. The van der Waals surface area contributed by atoms with Gasteiger partial charge in [0.05, 0.1) is 64.6 Å². The molecule has 0 spiro atoms. The number of Topliss-reactive ketones (excluding diaryl/α,β-unsaturated/α-hetero) is 1. The van der Waals surface area contributed by atoms with Gasteiger partial charge in [0.25, 0.3) is 0 Å².